The van der Waals surface area contributed by atoms with Crippen LogP contribution in [0.5, 0.6) is 0 Å². The first-order chi connectivity index (χ1) is 8.38. The van der Waals surface area contributed by atoms with Crippen molar-refractivity contribution in [2.45, 2.75) is 45.2 Å². The summed E-state index contributed by atoms with van der Waals surface area (Å²) in [7, 11) is 0. The normalized spacial score (nSPS) is 17.1. The van der Waals surface area contributed by atoms with E-state index in [-0.39, 0.29) is 0 Å². The van der Waals surface area contributed by atoms with Crippen molar-refractivity contribution >= 4 is 0 Å². The summed E-state index contributed by atoms with van der Waals surface area (Å²) in [6.07, 6.45) is 7.29. The van der Waals surface area contributed by atoms with Gasteiger partial charge in [-0.05, 0) is 31.5 Å². The van der Waals surface area contributed by atoms with Crippen LogP contribution in [0.2, 0.25) is 0 Å². The van der Waals surface area contributed by atoms with E-state index in [1.807, 2.05) is 12.1 Å². The highest BCUT2D eigenvalue weighted by molar-refractivity contribution is 4.97. The molecule has 3 heteroatoms. The fourth-order valence-corrected chi connectivity index (χ4v) is 2.53. The van der Waals surface area contributed by atoms with Gasteiger partial charge in [0, 0.05) is 19.1 Å². The molecule has 1 saturated carbocycles. The van der Waals surface area contributed by atoms with Crippen LogP contribution >= 0.6 is 0 Å². The average molecular weight is 236 g/mol. The molecule has 0 amide bonds. The van der Waals surface area contributed by atoms with Crippen molar-refractivity contribution in [2.24, 2.45) is 0 Å². The topological polar surface area (TPSA) is 28.4 Å². The number of rotatable bonds is 7. The molecule has 17 heavy (non-hydrogen) atoms. The van der Waals surface area contributed by atoms with Gasteiger partial charge in [-0.3, -0.25) is 4.90 Å². The molecule has 2 rings (SSSR count). The third-order valence-corrected chi connectivity index (χ3v) is 3.62. The molecule has 1 aromatic rings. The summed E-state index contributed by atoms with van der Waals surface area (Å²) in [6.45, 7) is 6.41. The van der Waals surface area contributed by atoms with E-state index >= 15 is 0 Å². The molecule has 1 heterocycles. The van der Waals surface area contributed by atoms with Crippen LogP contribution in [-0.2, 0) is 6.54 Å². The molecule has 1 aliphatic rings. The smallest absolute Gasteiger partial charge is 0.117 e. The first-order valence-electron chi connectivity index (χ1n) is 6.86. The lowest BCUT2D eigenvalue weighted by Gasteiger charge is -2.20. The third-order valence-electron chi connectivity index (χ3n) is 3.62. The van der Waals surface area contributed by atoms with Crippen molar-refractivity contribution in [3.8, 4) is 0 Å². The highest BCUT2D eigenvalue weighted by atomic mass is 16.3. The van der Waals surface area contributed by atoms with Gasteiger partial charge in [0.05, 0.1) is 12.8 Å². The maximum absolute atomic E-state index is 5.38. The van der Waals surface area contributed by atoms with E-state index in [9.17, 15) is 0 Å². The van der Waals surface area contributed by atoms with E-state index in [1.165, 1.54) is 25.7 Å². The largest absolute Gasteiger partial charge is 0.468 e. The molecule has 0 radical (unpaired) electrons. The van der Waals surface area contributed by atoms with Crippen LogP contribution in [0.4, 0.5) is 0 Å². The molecular weight excluding hydrogens is 212 g/mol. The van der Waals surface area contributed by atoms with E-state index in [0.717, 1.165) is 38.0 Å². The van der Waals surface area contributed by atoms with Crippen LogP contribution in [0, 0.1) is 0 Å². The van der Waals surface area contributed by atoms with Gasteiger partial charge in [0.1, 0.15) is 5.76 Å². The second-order valence-corrected chi connectivity index (χ2v) is 4.88. The maximum Gasteiger partial charge on any atom is 0.117 e. The van der Waals surface area contributed by atoms with Gasteiger partial charge in [0.25, 0.3) is 0 Å². The van der Waals surface area contributed by atoms with Crippen LogP contribution < -0.4 is 5.32 Å². The molecular formula is C14H24N2O. The molecule has 1 aromatic heterocycles. The first kappa shape index (κ1) is 12.7. The maximum atomic E-state index is 5.38. The summed E-state index contributed by atoms with van der Waals surface area (Å²) >= 11 is 0. The molecule has 0 aliphatic heterocycles. The van der Waals surface area contributed by atoms with Gasteiger partial charge in [-0.2, -0.15) is 0 Å². The van der Waals surface area contributed by atoms with Crippen molar-refractivity contribution in [2.75, 3.05) is 19.6 Å². The second-order valence-electron chi connectivity index (χ2n) is 4.88. The summed E-state index contributed by atoms with van der Waals surface area (Å²) in [5.74, 6) is 1.06. The molecule has 0 spiro atoms. The van der Waals surface area contributed by atoms with E-state index in [0.29, 0.717) is 0 Å². The average Bonchev–Trinajstić information content (AvgIpc) is 3.00. The van der Waals surface area contributed by atoms with Crippen molar-refractivity contribution in [3.63, 3.8) is 0 Å². The van der Waals surface area contributed by atoms with Crippen molar-refractivity contribution in [3.05, 3.63) is 24.2 Å². The zero-order chi connectivity index (χ0) is 11.9. The molecule has 96 valence electrons. The van der Waals surface area contributed by atoms with Gasteiger partial charge in [0.2, 0.25) is 0 Å². The second kappa shape index (κ2) is 6.82. The Morgan fingerprint density at radius 2 is 2.24 bits per heavy atom. The number of nitrogens with one attached hydrogen (secondary N) is 1. The van der Waals surface area contributed by atoms with Crippen molar-refractivity contribution < 1.29 is 4.42 Å². The van der Waals surface area contributed by atoms with Gasteiger partial charge in [-0.1, -0.05) is 19.8 Å². The molecule has 0 unspecified atom stereocenters. The van der Waals surface area contributed by atoms with Crippen LogP contribution in [0.3, 0.4) is 0 Å². The Balaban J connectivity index is 1.64. The van der Waals surface area contributed by atoms with E-state index < -0.39 is 0 Å². The molecule has 0 saturated heterocycles. The van der Waals surface area contributed by atoms with Crippen LogP contribution in [0.1, 0.15) is 38.4 Å². The fraction of sp³-hybridized carbons (Fsp3) is 0.714. The Labute approximate surface area is 104 Å². The Bertz CT molecular complexity index is 291. The summed E-state index contributed by atoms with van der Waals surface area (Å²) in [6, 6.07) is 4.78. The van der Waals surface area contributed by atoms with Crippen LogP contribution in [0.15, 0.2) is 22.8 Å². The predicted octanol–water partition coefficient (Wildman–Crippen LogP) is 2.63. The van der Waals surface area contributed by atoms with Gasteiger partial charge >= 0.3 is 0 Å². The molecule has 1 aliphatic carbocycles. The van der Waals surface area contributed by atoms with Crippen LogP contribution in [-0.4, -0.2) is 30.6 Å². The number of nitrogens with zero attached hydrogens (tertiary/aromatic N) is 1. The molecule has 3 nitrogen and oxygen atoms in total. The zero-order valence-electron chi connectivity index (χ0n) is 10.8. The SMILES string of the molecule is CCN(CCNC1CCCC1)Cc1ccco1. The zero-order valence-corrected chi connectivity index (χ0v) is 10.8. The molecule has 0 bridgehead atoms. The molecule has 0 aromatic carbocycles. The molecule has 1 N–H and O–H groups in total. The minimum absolute atomic E-state index is 0.775. The fourth-order valence-electron chi connectivity index (χ4n) is 2.53. The monoisotopic (exact) mass is 236 g/mol. The summed E-state index contributed by atoms with van der Waals surface area (Å²) < 4.78 is 5.38. The minimum Gasteiger partial charge on any atom is -0.468 e. The minimum atomic E-state index is 0.775. The van der Waals surface area contributed by atoms with Crippen LogP contribution in [0.25, 0.3) is 0 Å². The lowest BCUT2D eigenvalue weighted by atomic mass is 10.2. The highest BCUT2D eigenvalue weighted by Crippen LogP contribution is 2.17. The summed E-state index contributed by atoms with van der Waals surface area (Å²) in [5.41, 5.74) is 0. The number of hydrogen-bond donors (Lipinski definition) is 1. The van der Waals surface area contributed by atoms with Gasteiger partial charge in [-0.15, -0.1) is 0 Å². The molecule has 0 atom stereocenters. The third kappa shape index (κ3) is 4.17. The van der Waals surface area contributed by atoms with Gasteiger partial charge < -0.3 is 9.73 Å². The van der Waals surface area contributed by atoms with E-state index in [1.54, 1.807) is 6.26 Å². The Morgan fingerprint density at radius 1 is 1.41 bits per heavy atom. The predicted molar refractivity (Wildman–Crippen MR) is 69.9 cm³/mol. The Morgan fingerprint density at radius 3 is 2.88 bits per heavy atom. The van der Waals surface area contributed by atoms with E-state index in [4.69, 9.17) is 4.42 Å². The number of hydrogen-bond acceptors (Lipinski definition) is 3. The summed E-state index contributed by atoms with van der Waals surface area (Å²) in [5, 5.41) is 3.65. The standard InChI is InChI=1S/C14H24N2O/c1-2-16(12-14-8-5-11-17-14)10-9-15-13-6-3-4-7-13/h5,8,11,13,15H,2-4,6-7,9-10,12H2,1H3. The number of furan rings is 1. The van der Waals surface area contributed by atoms with E-state index in [2.05, 4.69) is 17.1 Å². The van der Waals surface area contributed by atoms with Gasteiger partial charge in [-0.25, -0.2) is 0 Å². The quantitative estimate of drug-likeness (QED) is 0.789. The van der Waals surface area contributed by atoms with Crippen molar-refractivity contribution in [1.29, 1.82) is 0 Å². The summed E-state index contributed by atoms with van der Waals surface area (Å²) in [4.78, 5) is 2.42. The Hall–Kier alpha value is -0.800. The van der Waals surface area contributed by atoms with Gasteiger partial charge in [0.15, 0.2) is 0 Å². The lowest BCUT2D eigenvalue weighted by molar-refractivity contribution is 0.252. The first-order valence-corrected chi connectivity index (χ1v) is 6.86. The number of likely N-dealkylation sites (N-methyl/N-ethyl adjacent to an activating group) is 1. The molecule has 1 fully saturated rings. The van der Waals surface area contributed by atoms with Crippen molar-refractivity contribution in [1.82, 2.24) is 10.2 Å². The Kier molecular flexibility index (Phi) is 5.08. The highest BCUT2D eigenvalue weighted by Gasteiger charge is 2.14. The lowest BCUT2D eigenvalue weighted by Crippen LogP contribution is -2.35.